The van der Waals surface area contributed by atoms with E-state index in [0.29, 0.717) is 22.2 Å². The van der Waals surface area contributed by atoms with Gasteiger partial charge in [-0.15, -0.1) is 0 Å². The van der Waals surface area contributed by atoms with E-state index in [4.69, 9.17) is 20.7 Å². The summed E-state index contributed by atoms with van der Waals surface area (Å²) in [4.78, 5) is 21.3. The number of carbonyl (C=O) groups is 2. The fourth-order valence-corrected chi connectivity index (χ4v) is 7.23. The topological polar surface area (TPSA) is 150 Å². The van der Waals surface area contributed by atoms with E-state index < -0.39 is 18.0 Å². The van der Waals surface area contributed by atoms with Crippen LogP contribution in [0.4, 0.5) is 0 Å². The van der Waals surface area contributed by atoms with Gasteiger partial charge in [-0.3, -0.25) is 9.59 Å². The molecule has 0 amide bonds. The maximum atomic E-state index is 10.8. The Morgan fingerprint density at radius 1 is 0.806 bits per heavy atom. The summed E-state index contributed by atoms with van der Waals surface area (Å²) in [6, 6.07) is 11.2. The number of benzene rings is 3. The molecule has 0 saturated carbocycles. The number of nitrogens with two attached hydrogens (primary N) is 1. The number of aromatic hydroxyl groups is 2. The van der Waals surface area contributed by atoms with Crippen molar-refractivity contribution < 1.29 is 34.8 Å². The van der Waals surface area contributed by atoms with Crippen molar-refractivity contribution >= 4 is 125 Å². The first kappa shape index (κ1) is 31.8. The van der Waals surface area contributed by atoms with Crippen LogP contribution in [-0.2, 0) is 22.4 Å². The molecule has 13 heteroatoms. The molecule has 1 unspecified atom stereocenters. The Balaban J connectivity index is 0.000000269. The second-order valence-electron chi connectivity index (χ2n) is 7.23. The molecular formula is C23H18I5NO7. The lowest BCUT2D eigenvalue weighted by Gasteiger charge is -2.12. The minimum atomic E-state index is -1.02. The quantitative estimate of drug-likeness (QED) is 0.176. The Morgan fingerprint density at radius 3 is 1.81 bits per heavy atom. The zero-order chi connectivity index (χ0) is 27.2. The Morgan fingerprint density at radius 2 is 1.33 bits per heavy atom. The fraction of sp³-hybridized carbons (Fsp3) is 0.130. The third kappa shape index (κ3) is 9.73. The number of phenols is 2. The summed E-state index contributed by atoms with van der Waals surface area (Å²) in [7, 11) is 0. The lowest BCUT2D eigenvalue weighted by atomic mass is 10.1. The highest BCUT2D eigenvalue weighted by molar-refractivity contribution is 14.1. The maximum Gasteiger partial charge on any atom is 0.320 e. The van der Waals surface area contributed by atoms with Crippen LogP contribution in [0.3, 0.4) is 0 Å². The molecule has 3 rings (SSSR count). The zero-order valence-corrected chi connectivity index (χ0v) is 28.8. The summed E-state index contributed by atoms with van der Waals surface area (Å²) in [5.41, 5.74) is 6.98. The molecule has 0 aromatic heterocycles. The lowest BCUT2D eigenvalue weighted by Crippen LogP contribution is -2.32. The number of hydrogen-bond donors (Lipinski definition) is 5. The Labute approximate surface area is 275 Å². The lowest BCUT2D eigenvalue weighted by molar-refractivity contribution is -0.138. The molecule has 1 atom stereocenters. The molecule has 0 radical (unpaired) electrons. The SMILES string of the molecule is NC(Cc1cc(I)c(O)c(I)c1)C(=O)O.O=C(O)Cc1cc(I)c(Oc2ccc(O)c(I)c2)c(I)c1. The second-order valence-corrected chi connectivity index (χ2v) is 13.0. The van der Waals surface area contributed by atoms with Gasteiger partial charge in [0.1, 0.15) is 23.3 Å². The van der Waals surface area contributed by atoms with Crippen LogP contribution in [0.1, 0.15) is 11.1 Å². The van der Waals surface area contributed by atoms with Crippen molar-refractivity contribution in [2.45, 2.75) is 18.9 Å². The van der Waals surface area contributed by atoms with Crippen molar-refractivity contribution in [2.24, 2.45) is 5.73 Å². The van der Waals surface area contributed by atoms with Crippen LogP contribution in [0, 0.1) is 17.9 Å². The highest BCUT2D eigenvalue weighted by Gasteiger charge is 2.15. The van der Waals surface area contributed by atoms with Crippen molar-refractivity contribution in [3.63, 3.8) is 0 Å². The van der Waals surface area contributed by atoms with Crippen LogP contribution < -0.4 is 10.5 Å². The summed E-state index contributed by atoms with van der Waals surface area (Å²) in [5, 5.41) is 36.5. The molecular weight excluding hydrogens is 1040 g/mol. The standard InChI is InChI=1S/C14H9I3O4.C9H9I2NO3/c15-9-6-8(1-2-12(9)18)21-14-10(16)3-7(4-11(14)17)5-13(19)20;10-5-1-4(2-6(11)8(5)13)3-7(12)9(14)15/h1-4,6,18H,5H2,(H,19,20);1-2,7,13H,3,12H2,(H,14,15). The normalized spacial score (nSPS) is 11.3. The third-order valence-corrected chi connectivity index (χ3v) is 8.51. The van der Waals surface area contributed by atoms with Gasteiger partial charge in [0.2, 0.25) is 0 Å². The van der Waals surface area contributed by atoms with E-state index in [1.165, 1.54) is 0 Å². The molecule has 0 aliphatic heterocycles. The monoisotopic (exact) mass is 1050 g/mol. The molecule has 3 aromatic rings. The van der Waals surface area contributed by atoms with Crippen LogP contribution in [0.15, 0.2) is 42.5 Å². The number of hydrogen-bond acceptors (Lipinski definition) is 6. The van der Waals surface area contributed by atoms with Gasteiger partial charge in [0, 0.05) is 0 Å². The van der Waals surface area contributed by atoms with Gasteiger partial charge < -0.3 is 30.9 Å². The van der Waals surface area contributed by atoms with Crippen LogP contribution in [0.2, 0.25) is 0 Å². The van der Waals surface area contributed by atoms with E-state index in [0.717, 1.165) is 18.3 Å². The molecule has 3 aromatic carbocycles. The Hall–Kier alpha value is -0.390. The van der Waals surface area contributed by atoms with Crippen LogP contribution >= 0.6 is 113 Å². The molecule has 0 aliphatic rings. The van der Waals surface area contributed by atoms with E-state index in [1.807, 2.05) is 67.8 Å². The zero-order valence-electron chi connectivity index (χ0n) is 18.0. The summed E-state index contributed by atoms with van der Waals surface area (Å²) in [5.74, 6) is -0.129. The molecule has 0 aliphatic carbocycles. The molecule has 192 valence electrons. The average molecular weight is 1050 g/mol. The fourth-order valence-electron chi connectivity index (χ4n) is 2.73. The van der Waals surface area contributed by atoms with Crippen LogP contribution in [0.5, 0.6) is 23.0 Å². The maximum absolute atomic E-state index is 10.8. The van der Waals surface area contributed by atoms with E-state index in [2.05, 4.69) is 45.2 Å². The van der Waals surface area contributed by atoms with Crippen LogP contribution in [-0.4, -0.2) is 38.4 Å². The second kappa shape index (κ2) is 14.7. The molecule has 6 N–H and O–H groups in total. The van der Waals surface area contributed by atoms with Crippen molar-refractivity contribution in [3.05, 3.63) is 71.4 Å². The molecule has 8 nitrogen and oxygen atoms in total. The summed E-state index contributed by atoms with van der Waals surface area (Å²) in [6.07, 6.45) is 0.255. The molecule has 0 saturated heterocycles. The van der Waals surface area contributed by atoms with Crippen molar-refractivity contribution in [3.8, 4) is 23.0 Å². The Bertz CT molecular complexity index is 1240. The number of halogens is 5. The largest absolute Gasteiger partial charge is 0.507 e. The summed E-state index contributed by atoms with van der Waals surface area (Å²) >= 11 is 10.3. The number of aliphatic carboxylic acids is 2. The highest BCUT2D eigenvalue weighted by Crippen LogP contribution is 2.35. The van der Waals surface area contributed by atoms with Gasteiger partial charge >= 0.3 is 11.9 Å². The smallest absolute Gasteiger partial charge is 0.320 e. The predicted octanol–water partition coefficient (Wildman–Crippen LogP) is 6.18. The first-order valence-corrected chi connectivity index (χ1v) is 15.2. The first-order valence-electron chi connectivity index (χ1n) is 9.79. The highest BCUT2D eigenvalue weighted by atomic mass is 127. The predicted molar refractivity (Wildman–Crippen MR) is 177 cm³/mol. The van der Waals surface area contributed by atoms with Crippen LogP contribution in [0.25, 0.3) is 0 Å². The van der Waals surface area contributed by atoms with Crippen molar-refractivity contribution in [2.75, 3.05) is 0 Å². The van der Waals surface area contributed by atoms with Gasteiger partial charge in [-0.1, -0.05) is 0 Å². The van der Waals surface area contributed by atoms with Gasteiger partial charge in [0.25, 0.3) is 0 Å². The number of ether oxygens (including phenoxy) is 1. The minimum absolute atomic E-state index is 0.0105. The van der Waals surface area contributed by atoms with Gasteiger partial charge in [-0.2, -0.15) is 0 Å². The molecule has 36 heavy (non-hydrogen) atoms. The molecule has 0 heterocycles. The molecule has 0 bridgehead atoms. The number of carboxylic acids is 2. The average Bonchev–Trinajstić information content (AvgIpc) is 2.77. The number of rotatable bonds is 7. The van der Waals surface area contributed by atoms with E-state index in [-0.39, 0.29) is 24.3 Å². The van der Waals surface area contributed by atoms with E-state index >= 15 is 0 Å². The summed E-state index contributed by atoms with van der Waals surface area (Å²) in [6.45, 7) is 0. The summed E-state index contributed by atoms with van der Waals surface area (Å²) < 4.78 is 9.66. The molecule has 0 fully saturated rings. The van der Waals surface area contributed by atoms with Gasteiger partial charge in [-0.25, -0.2) is 0 Å². The van der Waals surface area contributed by atoms with Crippen molar-refractivity contribution in [1.29, 1.82) is 0 Å². The third-order valence-electron chi connectivity index (χ3n) is 4.40. The molecule has 0 spiro atoms. The van der Waals surface area contributed by atoms with E-state index in [1.54, 1.807) is 42.5 Å². The number of carboxylic acid groups (broad SMARTS) is 2. The first-order chi connectivity index (χ1) is 16.8. The van der Waals surface area contributed by atoms with Gasteiger partial charge in [-0.05, 0) is 173 Å². The number of phenolic OH excluding ortho intramolecular Hbond substituents is 2. The van der Waals surface area contributed by atoms with Crippen molar-refractivity contribution in [1.82, 2.24) is 0 Å². The van der Waals surface area contributed by atoms with Gasteiger partial charge in [0.15, 0.2) is 5.75 Å². The van der Waals surface area contributed by atoms with Gasteiger partial charge in [0.05, 0.1) is 24.3 Å². The Kier molecular flexibility index (Phi) is 13.0. The minimum Gasteiger partial charge on any atom is -0.507 e. The van der Waals surface area contributed by atoms with E-state index in [9.17, 15) is 19.8 Å².